The molecule has 162 valence electrons. The van der Waals surface area contributed by atoms with Crippen LogP contribution in [0.5, 0.6) is 0 Å². The predicted molar refractivity (Wildman–Crippen MR) is 110 cm³/mol. The number of carbonyl (C=O) groups excluding carboxylic acids is 1. The van der Waals surface area contributed by atoms with E-state index in [2.05, 4.69) is 26.8 Å². The fourth-order valence-electron chi connectivity index (χ4n) is 5.03. The van der Waals surface area contributed by atoms with Crippen LogP contribution in [0.25, 0.3) is 0 Å². The molecule has 2 N–H and O–H groups in total. The number of morpholine rings is 1. The quantitative estimate of drug-likeness (QED) is 0.725. The second kappa shape index (κ2) is 10.5. The van der Waals surface area contributed by atoms with Gasteiger partial charge in [-0.15, -0.1) is 0 Å². The first-order valence-corrected chi connectivity index (χ1v) is 11.5. The molecular formula is C22H36N4O3. The van der Waals surface area contributed by atoms with Crippen molar-refractivity contribution in [1.82, 2.24) is 20.7 Å². The molecular weight excluding hydrogens is 368 g/mol. The molecule has 3 fully saturated rings. The van der Waals surface area contributed by atoms with E-state index in [0.717, 1.165) is 83.1 Å². The Morgan fingerprint density at radius 2 is 2.00 bits per heavy atom. The lowest BCUT2D eigenvalue weighted by Gasteiger charge is -2.32. The molecule has 2 saturated heterocycles. The minimum atomic E-state index is 0.238. The Balaban J connectivity index is 1.27. The van der Waals surface area contributed by atoms with E-state index in [1.54, 1.807) is 0 Å². The van der Waals surface area contributed by atoms with Gasteiger partial charge >= 0.3 is 0 Å². The molecule has 7 heteroatoms. The Labute approximate surface area is 173 Å². The van der Waals surface area contributed by atoms with Crippen LogP contribution in [0.4, 0.5) is 0 Å². The van der Waals surface area contributed by atoms with Gasteiger partial charge in [-0.05, 0) is 50.6 Å². The first-order valence-electron chi connectivity index (χ1n) is 11.5. The summed E-state index contributed by atoms with van der Waals surface area (Å²) < 4.78 is 11.0. The van der Waals surface area contributed by atoms with E-state index in [-0.39, 0.29) is 5.91 Å². The van der Waals surface area contributed by atoms with Crippen molar-refractivity contribution in [3.05, 3.63) is 17.5 Å². The summed E-state index contributed by atoms with van der Waals surface area (Å²) in [6.07, 6.45) is 8.68. The third kappa shape index (κ3) is 6.27. The summed E-state index contributed by atoms with van der Waals surface area (Å²) in [5.74, 6) is 2.01. The summed E-state index contributed by atoms with van der Waals surface area (Å²) in [4.78, 5) is 15.0. The van der Waals surface area contributed by atoms with Gasteiger partial charge in [0.1, 0.15) is 0 Å². The largest absolute Gasteiger partial charge is 0.379 e. The highest BCUT2D eigenvalue weighted by Crippen LogP contribution is 2.27. The number of piperidine rings is 1. The Hall–Kier alpha value is -1.44. The van der Waals surface area contributed by atoms with Gasteiger partial charge in [0.15, 0.2) is 5.76 Å². The van der Waals surface area contributed by atoms with Crippen molar-refractivity contribution in [3.8, 4) is 0 Å². The molecule has 2 aliphatic heterocycles. The van der Waals surface area contributed by atoms with Crippen LogP contribution in [0.1, 0.15) is 56.4 Å². The Bertz CT molecular complexity index is 638. The van der Waals surface area contributed by atoms with Crippen molar-refractivity contribution in [3.63, 3.8) is 0 Å². The van der Waals surface area contributed by atoms with E-state index in [9.17, 15) is 4.79 Å². The van der Waals surface area contributed by atoms with Crippen molar-refractivity contribution in [2.75, 3.05) is 39.4 Å². The number of hydrogen-bond donors (Lipinski definition) is 2. The molecule has 0 radical (unpaired) electrons. The molecule has 4 rings (SSSR count). The summed E-state index contributed by atoms with van der Waals surface area (Å²) in [7, 11) is 0. The van der Waals surface area contributed by atoms with E-state index in [1.807, 2.05) is 0 Å². The molecule has 0 spiro atoms. The summed E-state index contributed by atoms with van der Waals surface area (Å²) in [6.45, 7) is 6.22. The zero-order chi connectivity index (χ0) is 19.9. The SMILES string of the molecule is O=C(CC1CCNCC1Cc1cc(CN2CCOCC2)on1)NC1CCCCC1. The highest BCUT2D eigenvalue weighted by atomic mass is 16.5. The van der Waals surface area contributed by atoms with Crippen LogP contribution in [-0.4, -0.2) is 61.4 Å². The zero-order valence-electron chi connectivity index (χ0n) is 17.5. The summed E-state index contributed by atoms with van der Waals surface area (Å²) >= 11 is 0. The van der Waals surface area contributed by atoms with E-state index in [0.29, 0.717) is 24.3 Å². The maximum Gasteiger partial charge on any atom is 0.220 e. The second-order valence-corrected chi connectivity index (χ2v) is 9.00. The number of amides is 1. The molecule has 1 aromatic rings. The van der Waals surface area contributed by atoms with E-state index in [1.165, 1.54) is 19.3 Å². The number of ether oxygens (including phenoxy) is 1. The highest BCUT2D eigenvalue weighted by molar-refractivity contribution is 5.76. The predicted octanol–water partition coefficient (Wildman–Crippen LogP) is 2.11. The number of nitrogens with one attached hydrogen (secondary N) is 2. The van der Waals surface area contributed by atoms with Crippen LogP contribution in [0.2, 0.25) is 0 Å². The Morgan fingerprint density at radius 3 is 2.83 bits per heavy atom. The highest BCUT2D eigenvalue weighted by Gasteiger charge is 2.29. The molecule has 29 heavy (non-hydrogen) atoms. The van der Waals surface area contributed by atoms with Crippen LogP contribution in [-0.2, 0) is 22.5 Å². The maximum absolute atomic E-state index is 12.6. The third-order valence-electron chi connectivity index (χ3n) is 6.75. The Morgan fingerprint density at radius 1 is 1.17 bits per heavy atom. The average Bonchev–Trinajstić information content (AvgIpc) is 3.18. The fourth-order valence-corrected chi connectivity index (χ4v) is 5.03. The van der Waals surface area contributed by atoms with Crippen LogP contribution >= 0.6 is 0 Å². The van der Waals surface area contributed by atoms with Gasteiger partial charge in [-0.3, -0.25) is 9.69 Å². The van der Waals surface area contributed by atoms with Crippen molar-refractivity contribution >= 4 is 5.91 Å². The minimum Gasteiger partial charge on any atom is -0.379 e. The molecule has 0 bridgehead atoms. The van der Waals surface area contributed by atoms with Crippen molar-refractivity contribution in [2.45, 2.75) is 64.0 Å². The van der Waals surface area contributed by atoms with Gasteiger partial charge in [0.2, 0.25) is 5.91 Å². The molecule has 3 aliphatic rings. The normalized spacial score (nSPS) is 27.0. The third-order valence-corrected chi connectivity index (χ3v) is 6.75. The molecule has 1 saturated carbocycles. The molecule has 2 unspecified atom stereocenters. The molecule has 1 aromatic heterocycles. The molecule has 7 nitrogen and oxygen atoms in total. The van der Waals surface area contributed by atoms with Crippen molar-refractivity contribution < 1.29 is 14.1 Å². The summed E-state index contributed by atoms with van der Waals surface area (Å²) in [6, 6.07) is 2.50. The number of aromatic nitrogens is 1. The van der Waals surface area contributed by atoms with Gasteiger partial charge < -0.3 is 19.9 Å². The van der Waals surface area contributed by atoms with Crippen LogP contribution < -0.4 is 10.6 Å². The number of carbonyl (C=O) groups is 1. The van der Waals surface area contributed by atoms with E-state index < -0.39 is 0 Å². The molecule has 1 aliphatic carbocycles. The zero-order valence-corrected chi connectivity index (χ0v) is 17.5. The van der Waals surface area contributed by atoms with Crippen molar-refractivity contribution in [2.24, 2.45) is 11.8 Å². The standard InChI is InChI=1S/C22H36N4O3/c27-22(24-19-4-2-1-3-5-19)13-17-6-7-23-15-18(17)12-20-14-21(29-25-20)16-26-8-10-28-11-9-26/h14,17-19,23H,1-13,15-16H2,(H,24,27). The molecule has 2 atom stereocenters. The Kier molecular flexibility index (Phi) is 7.57. The topological polar surface area (TPSA) is 79.6 Å². The first-order chi connectivity index (χ1) is 14.3. The van der Waals surface area contributed by atoms with Crippen LogP contribution in [0, 0.1) is 11.8 Å². The molecule has 3 heterocycles. The number of rotatable bonds is 7. The molecule has 1 amide bonds. The van der Waals surface area contributed by atoms with Crippen molar-refractivity contribution in [1.29, 1.82) is 0 Å². The lowest BCUT2D eigenvalue weighted by atomic mass is 9.81. The smallest absolute Gasteiger partial charge is 0.220 e. The van der Waals surface area contributed by atoms with E-state index in [4.69, 9.17) is 9.26 Å². The van der Waals surface area contributed by atoms with Gasteiger partial charge in [-0.25, -0.2) is 0 Å². The van der Waals surface area contributed by atoms with Gasteiger partial charge in [-0.2, -0.15) is 0 Å². The van der Waals surface area contributed by atoms with Crippen LogP contribution in [0.15, 0.2) is 10.6 Å². The lowest BCUT2D eigenvalue weighted by molar-refractivity contribution is -0.123. The fraction of sp³-hybridized carbons (Fsp3) is 0.818. The maximum atomic E-state index is 12.6. The van der Waals surface area contributed by atoms with Crippen LogP contribution in [0.3, 0.4) is 0 Å². The second-order valence-electron chi connectivity index (χ2n) is 9.00. The number of hydrogen-bond acceptors (Lipinski definition) is 6. The summed E-state index contributed by atoms with van der Waals surface area (Å²) in [5.41, 5.74) is 1.01. The van der Waals surface area contributed by atoms with Gasteiger partial charge in [0, 0.05) is 31.6 Å². The first kappa shape index (κ1) is 20.8. The van der Waals surface area contributed by atoms with Gasteiger partial charge in [0.05, 0.1) is 25.5 Å². The monoisotopic (exact) mass is 404 g/mol. The average molecular weight is 405 g/mol. The molecule has 0 aromatic carbocycles. The lowest BCUT2D eigenvalue weighted by Crippen LogP contribution is -2.42. The number of nitrogens with zero attached hydrogens (tertiary/aromatic N) is 2. The van der Waals surface area contributed by atoms with Gasteiger partial charge in [-0.1, -0.05) is 24.4 Å². The minimum absolute atomic E-state index is 0.238. The summed E-state index contributed by atoms with van der Waals surface area (Å²) in [5, 5.41) is 11.1. The van der Waals surface area contributed by atoms with E-state index >= 15 is 0 Å². The van der Waals surface area contributed by atoms with Gasteiger partial charge in [0.25, 0.3) is 0 Å².